The number of hydrogen-bond donors (Lipinski definition) is 2. The van der Waals surface area contributed by atoms with Gasteiger partial charge in [-0.3, -0.25) is 4.79 Å². The smallest absolute Gasteiger partial charge is 0.255 e. The largest absolute Gasteiger partial charge is 0.508 e. The number of carbonyl (C=O) groups excluding carboxylic acids is 1. The van der Waals surface area contributed by atoms with Crippen LogP contribution in [0.25, 0.3) is 11.0 Å². The van der Waals surface area contributed by atoms with Crippen LogP contribution < -0.4 is 0 Å². The van der Waals surface area contributed by atoms with Crippen LogP contribution in [-0.4, -0.2) is 25.9 Å². The highest BCUT2D eigenvalue weighted by Gasteiger charge is 2.36. The first kappa shape index (κ1) is 16.5. The number of carbonyl (C=O) groups is 1. The van der Waals surface area contributed by atoms with Crippen LogP contribution in [-0.2, 0) is 6.54 Å². The van der Waals surface area contributed by atoms with Gasteiger partial charge in [-0.25, -0.2) is 9.37 Å². The van der Waals surface area contributed by atoms with E-state index < -0.39 is 11.9 Å². The summed E-state index contributed by atoms with van der Waals surface area (Å²) in [4.78, 5) is 22.3. The van der Waals surface area contributed by atoms with Crippen molar-refractivity contribution in [3.63, 3.8) is 0 Å². The highest BCUT2D eigenvalue weighted by atomic mass is 19.1. The third kappa shape index (κ3) is 2.53. The second kappa shape index (κ2) is 6.20. The zero-order valence-corrected chi connectivity index (χ0v) is 14.8. The number of rotatable bonds is 3. The van der Waals surface area contributed by atoms with E-state index in [9.17, 15) is 14.3 Å². The van der Waals surface area contributed by atoms with E-state index in [1.54, 1.807) is 17.2 Å². The normalized spacial score (nSPS) is 14.5. The molecular formula is C22H16FN3O2. The molecule has 28 heavy (non-hydrogen) atoms. The number of phenols is 1. The summed E-state index contributed by atoms with van der Waals surface area (Å²) < 4.78 is 14.0. The van der Waals surface area contributed by atoms with Gasteiger partial charge in [0.1, 0.15) is 23.3 Å². The van der Waals surface area contributed by atoms with Crippen molar-refractivity contribution in [2.24, 2.45) is 0 Å². The molecule has 2 aromatic heterocycles. The van der Waals surface area contributed by atoms with Crippen LogP contribution in [0.15, 0.2) is 66.9 Å². The Morgan fingerprint density at radius 3 is 2.79 bits per heavy atom. The zero-order valence-electron chi connectivity index (χ0n) is 14.8. The summed E-state index contributed by atoms with van der Waals surface area (Å²) in [5, 5.41) is 11.3. The minimum atomic E-state index is -0.676. The van der Waals surface area contributed by atoms with Crippen molar-refractivity contribution >= 4 is 16.9 Å². The summed E-state index contributed by atoms with van der Waals surface area (Å²) in [5.41, 5.74) is 3.19. The first-order chi connectivity index (χ1) is 13.6. The van der Waals surface area contributed by atoms with Crippen LogP contribution in [0, 0.1) is 5.82 Å². The predicted molar refractivity (Wildman–Crippen MR) is 102 cm³/mol. The third-order valence-electron chi connectivity index (χ3n) is 5.15. The van der Waals surface area contributed by atoms with Gasteiger partial charge in [-0.2, -0.15) is 0 Å². The number of benzene rings is 2. The van der Waals surface area contributed by atoms with Gasteiger partial charge in [0, 0.05) is 34.9 Å². The SMILES string of the molecule is O=C1c2ccccc2CN1C(c1cc2cccnc2[nH]1)c1cc(F)ccc1O. The lowest BCUT2D eigenvalue weighted by Crippen LogP contribution is -2.30. The van der Waals surface area contributed by atoms with E-state index in [1.165, 1.54) is 18.2 Å². The topological polar surface area (TPSA) is 69.2 Å². The van der Waals surface area contributed by atoms with Gasteiger partial charge in [-0.05, 0) is 48.0 Å². The number of nitrogens with one attached hydrogen (secondary N) is 1. The van der Waals surface area contributed by atoms with Gasteiger partial charge in [0.2, 0.25) is 0 Å². The number of aromatic hydroxyl groups is 1. The molecule has 4 aromatic rings. The monoisotopic (exact) mass is 373 g/mol. The van der Waals surface area contributed by atoms with Gasteiger partial charge in [0.25, 0.3) is 5.91 Å². The molecule has 6 heteroatoms. The molecule has 3 heterocycles. The Labute approximate surface area is 160 Å². The number of hydrogen-bond acceptors (Lipinski definition) is 3. The number of pyridine rings is 1. The number of aromatic amines is 1. The fourth-order valence-corrected chi connectivity index (χ4v) is 3.86. The van der Waals surface area contributed by atoms with Crippen molar-refractivity contribution < 1.29 is 14.3 Å². The van der Waals surface area contributed by atoms with Gasteiger partial charge in [-0.1, -0.05) is 18.2 Å². The molecule has 1 amide bonds. The number of phenolic OH excluding ortho intramolecular Hbond substituents is 1. The van der Waals surface area contributed by atoms with Crippen molar-refractivity contribution in [1.29, 1.82) is 0 Å². The average molecular weight is 373 g/mol. The van der Waals surface area contributed by atoms with E-state index in [0.717, 1.165) is 10.9 Å². The van der Waals surface area contributed by atoms with Crippen molar-refractivity contribution in [1.82, 2.24) is 14.9 Å². The van der Waals surface area contributed by atoms with Crippen LogP contribution in [0.5, 0.6) is 5.75 Å². The Hall–Kier alpha value is -3.67. The minimum Gasteiger partial charge on any atom is -0.508 e. The highest BCUT2D eigenvalue weighted by Crippen LogP contribution is 2.39. The zero-order chi connectivity index (χ0) is 19.3. The summed E-state index contributed by atoms with van der Waals surface area (Å²) in [5.74, 6) is -0.700. The van der Waals surface area contributed by atoms with Crippen LogP contribution in [0.1, 0.15) is 33.2 Å². The third-order valence-corrected chi connectivity index (χ3v) is 5.15. The molecule has 0 saturated heterocycles. The molecule has 5 nitrogen and oxygen atoms in total. The Morgan fingerprint density at radius 1 is 1.11 bits per heavy atom. The molecule has 0 bridgehead atoms. The molecule has 0 aliphatic carbocycles. The maximum Gasteiger partial charge on any atom is 0.255 e. The van der Waals surface area contributed by atoms with Crippen molar-refractivity contribution in [3.8, 4) is 5.75 Å². The lowest BCUT2D eigenvalue weighted by molar-refractivity contribution is 0.0726. The van der Waals surface area contributed by atoms with E-state index in [0.29, 0.717) is 29.0 Å². The summed E-state index contributed by atoms with van der Waals surface area (Å²) in [7, 11) is 0. The molecule has 0 radical (unpaired) electrons. The molecule has 138 valence electrons. The molecular weight excluding hydrogens is 357 g/mol. The Balaban J connectivity index is 1.69. The van der Waals surface area contributed by atoms with Crippen LogP contribution in [0.4, 0.5) is 4.39 Å². The van der Waals surface area contributed by atoms with E-state index in [-0.39, 0.29) is 11.7 Å². The molecule has 0 saturated carbocycles. The second-order valence-electron chi connectivity index (χ2n) is 6.86. The van der Waals surface area contributed by atoms with Gasteiger partial charge < -0.3 is 15.0 Å². The van der Waals surface area contributed by atoms with Crippen molar-refractivity contribution in [2.45, 2.75) is 12.6 Å². The highest BCUT2D eigenvalue weighted by molar-refractivity contribution is 5.99. The van der Waals surface area contributed by atoms with Crippen LogP contribution in [0.3, 0.4) is 0 Å². The number of amides is 1. The maximum atomic E-state index is 14.0. The summed E-state index contributed by atoms with van der Waals surface area (Å²) in [6.45, 7) is 0.373. The standard InChI is InChI=1S/C22H16FN3O2/c23-15-7-8-19(27)17(11-15)20(18-10-13-5-3-9-24-21(13)25-18)26-12-14-4-1-2-6-16(14)22(26)28/h1-11,20,27H,12H2,(H,24,25). The summed E-state index contributed by atoms with van der Waals surface area (Å²) in [6.07, 6.45) is 1.67. The molecule has 0 spiro atoms. The molecule has 5 rings (SSSR count). The predicted octanol–water partition coefficient (Wildman–Crippen LogP) is 4.15. The first-order valence-corrected chi connectivity index (χ1v) is 8.93. The number of fused-ring (bicyclic) bond motifs is 2. The van der Waals surface area contributed by atoms with E-state index in [1.807, 2.05) is 36.4 Å². The molecule has 1 aliphatic heterocycles. The van der Waals surface area contributed by atoms with Gasteiger partial charge in [0.15, 0.2) is 0 Å². The first-order valence-electron chi connectivity index (χ1n) is 8.93. The Kier molecular flexibility index (Phi) is 3.65. The quantitative estimate of drug-likeness (QED) is 0.567. The minimum absolute atomic E-state index is 0.0678. The van der Waals surface area contributed by atoms with E-state index in [4.69, 9.17) is 0 Å². The van der Waals surface area contributed by atoms with Crippen molar-refractivity contribution in [3.05, 3.63) is 95.1 Å². The van der Waals surface area contributed by atoms with Crippen LogP contribution in [0.2, 0.25) is 0 Å². The van der Waals surface area contributed by atoms with Crippen molar-refractivity contribution in [2.75, 3.05) is 0 Å². The maximum absolute atomic E-state index is 14.0. The van der Waals surface area contributed by atoms with Gasteiger partial charge in [0.05, 0.1) is 0 Å². The van der Waals surface area contributed by atoms with Crippen LogP contribution >= 0.6 is 0 Å². The number of halogens is 1. The molecule has 2 N–H and O–H groups in total. The number of nitrogens with zero attached hydrogens (tertiary/aromatic N) is 2. The lowest BCUT2D eigenvalue weighted by atomic mass is 10.0. The molecule has 1 unspecified atom stereocenters. The second-order valence-corrected chi connectivity index (χ2v) is 6.86. The van der Waals surface area contributed by atoms with E-state index in [2.05, 4.69) is 9.97 Å². The molecule has 0 fully saturated rings. The fourth-order valence-electron chi connectivity index (χ4n) is 3.86. The van der Waals surface area contributed by atoms with E-state index >= 15 is 0 Å². The lowest BCUT2D eigenvalue weighted by Gasteiger charge is -2.28. The van der Waals surface area contributed by atoms with Gasteiger partial charge >= 0.3 is 0 Å². The Bertz CT molecular complexity index is 1180. The fraction of sp³-hybridized carbons (Fsp3) is 0.0909. The molecule has 1 atom stereocenters. The van der Waals surface area contributed by atoms with Gasteiger partial charge in [-0.15, -0.1) is 0 Å². The molecule has 1 aliphatic rings. The number of aromatic nitrogens is 2. The average Bonchev–Trinajstić information content (AvgIpc) is 3.27. The summed E-state index contributed by atoms with van der Waals surface area (Å²) >= 11 is 0. The summed E-state index contributed by atoms with van der Waals surface area (Å²) in [6, 6.07) is 16.1. The molecule has 2 aromatic carbocycles. The number of H-pyrrole nitrogens is 1. The Morgan fingerprint density at radius 2 is 1.96 bits per heavy atom.